The molecule has 1 unspecified atom stereocenters. The number of rotatable bonds is 2. The molecule has 1 saturated heterocycles. The standard InChI is InChI=1S/C11H11N3O2/c1-2-8-4-3-5-14(8)10-7-12-9(6-13-10)11(15)16/h1,6-8H,3-5H2,(H,15,16). The van der Waals surface area contributed by atoms with Crippen LogP contribution >= 0.6 is 0 Å². The van der Waals surface area contributed by atoms with Crippen molar-refractivity contribution in [2.45, 2.75) is 18.9 Å². The van der Waals surface area contributed by atoms with Crippen LogP contribution in [0.2, 0.25) is 0 Å². The molecule has 1 atom stereocenters. The highest BCUT2D eigenvalue weighted by Gasteiger charge is 2.24. The van der Waals surface area contributed by atoms with E-state index in [1.54, 1.807) is 0 Å². The molecule has 2 rings (SSSR count). The summed E-state index contributed by atoms with van der Waals surface area (Å²) in [6, 6.07) is 0.0463. The molecule has 1 aliphatic heterocycles. The Morgan fingerprint density at radius 3 is 2.94 bits per heavy atom. The Morgan fingerprint density at radius 1 is 1.56 bits per heavy atom. The number of terminal acetylenes is 1. The molecular weight excluding hydrogens is 206 g/mol. The fourth-order valence-electron chi connectivity index (χ4n) is 1.79. The van der Waals surface area contributed by atoms with Crippen LogP contribution in [0.4, 0.5) is 5.82 Å². The van der Waals surface area contributed by atoms with Crippen molar-refractivity contribution < 1.29 is 9.90 Å². The van der Waals surface area contributed by atoms with Crippen LogP contribution in [0.3, 0.4) is 0 Å². The van der Waals surface area contributed by atoms with E-state index >= 15 is 0 Å². The summed E-state index contributed by atoms with van der Waals surface area (Å²) in [5.41, 5.74) is -0.0554. The number of carboxylic acid groups (broad SMARTS) is 1. The van der Waals surface area contributed by atoms with Gasteiger partial charge in [-0.2, -0.15) is 0 Å². The molecule has 1 N–H and O–H groups in total. The zero-order valence-corrected chi connectivity index (χ0v) is 8.63. The van der Waals surface area contributed by atoms with Crippen LogP contribution in [-0.4, -0.2) is 33.6 Å². The van der Waals surface area contributed by atoms with Crippen molar-refractivity contribution in [2.75, 3.05) is 11.4 Å². The van der Waals surface area contributed by atoms with E-state index in [9.17, 15) is 4.79 Å². The summed E-state index contributed by atoms with van der Waals surface area (Å²) in [5.74, 6) is 2.26. The van der Waals surface area contributed by atoms with Gasteiger partial charge in [-0.15, -0.1) is 6.42 Å². The first-order chi connectivity index (χ1) is 7.72. The third-order valence-electron chi connectivity index (χ3n) is 2.60. The summed E-state index contributed by atoms with van der Waals surface area (Å²) in [5, 5.41) is 8.69. The lowest BCUT2D eigenvalue weighted by Crippen LogP contribution is -2.28. The minimum atomic E-state index is -1.08. The Hall–Kier alpha value is -2.09. The summed E-state index contributed by atoms with van der Waals surface area (Å²) >= 11 is 0. The number of hydrogen-bond acceptors (Lipinski definition) is 4. The maximum atomic E-state index is 10.6. The summed E-state index contributed by atoms with van der Waals surface area (Å²) < 4.78 is 0. The number of anilines is 1. The molecular formula is C11H11N3O2. The summed E-state index contributed by atoms with van der Waals surface area (Å²) in [4.78, 5) is 20.5. The monoisotopic (exact) mass is 217 g/mol. The second-order valence-electron chi connectivity index (χ2n) is 3.58. The molecule has 5 heteroatoms. The third kappa shape index (κ3) is 1.82. The molecule has 16 heavy (non-hydrogen) atoms. The van der Waals surface area contributed by atoms with Crippen molar-refractivity contribution in [1.82, 2.24) is 9.97 Å². The molecule has 0 bridgehead atoms. The van der Waals surface area contributed by atoms with E-state index in [0.717, 1.165) is 19.4 Å². The highest BCUT2D eigenvalue weighted by Crippen LogP contribution is 2.22. The van der Waals surface area contributed by atoms with Crippen LogP contribution in [0.25, 0.3) is 0 Å². The van der Waals surface area contributed by atoms with Crippen molar-refractivity contribution in [3.05, 3.63) is 18.1 Å². The number of carboxylic acids is 1. The van der Waals surface area contributed by atoms with Gasteiger partial charge in [0.2, 0.25) is 0 Å². The van der Waals surface area contributed by atoms with Crippen LogP contribution < -0.4 is 4.90 Å². The Labute approximate surface area is 93.1 Å². The average Bonchev–Trinajstić information content (AvgIpc) is 2.77. The van der Waals surface area contributed by atoms with Crippen molar-refractivity contribution in [2.24, 2.45) is 0 Å². The predicted molar refractivity (Wildman–Crippen MR) is 58.2 cm³/mol. The number of carbonyl (C=O) groups is 1. The van der Waals surface area contributed by atoms with Gasteiger partial charge in [0.25, 0.3) is 0 Å². The van der Waals surface area contributed by atoms with Gasteiger partial charge in [-0.1, -0.05) is 5.92 Å². The third-order valence-corrected chi connectivity index (χ3v) is 2.60. The van der Waals surface area contributed by atoms with Gasteiger partial charge >= 0.3 is 5.97 Å². The lowest BCUT2D eigenvalue weighted by atomic mass is 10.2. The van der Waals surface area contributed by atoms with Crippen LogP contribution in [0.15, 0.2) is 12.4 Å². The van der Waals surface area contributed by atoms with Gasteiger partial charge in [0.05, 0.1) is 18.4 Å². The van der Waals surface area contributed by atoms with Gasteiger partial charge < -0.3 is 10.0 Å². The minimum Gasteiger partial charge on any atom is -0.476 e. The summed E-state index contributed by atoms with van der Waals surface area (Å²) in [7, 11) is 0. The van der Waals surface area contributed by atoms with E-state index in [-0.39, 0.29) is 11.7 Å². The van der Waals surface area contributed by atoms with E-state index in [4.69, 9.17) is 11.5 Å². The van der Waals surface area contributed by atoms with Gasteiger partial charge in [-0.25, -0.2) is 14.8 Å². The van der Waals surface area contributed by atoms with Gasteiger partial charge in [0, 0.05) is 6.54 Å². The highest BCUT2D eigenvalue weighted by molar-refractivity contribution is 5.84. The Bertz CT molecular complexity index is 436. The van der Waals surface area contributed by atoms with Crippen LogP contribution in [0.1, 0.15) is 23.3 Å². The number of aromatic nitrogens is 2. The van der Waals surface area contributed by atoms with Gasteiger partial charge in [0.15, 0.2) is 5.69 Å². The van der Waals surface area contributed by atoms with Crippen LogP contribution in [0, 0.1) is 12.3 Å². The van der Waals surface area contributed by atoms with E-state index < -0.39 is 5.97 Å². The molecule has 0 saturated carbocycles. The Kier molecular flexibility index (Phi) is 2.73. The molecule has 2 heterocycles. The van der Waals surface area contributed by atoms with Crippen molar-refractivity contribution in [3.63, 3.8) is 0 Å². The lowest BCUT2D eigenvalue weighted by molar-refractivity contribution is 0.0690. The summed E-state index contributed by atoms with van der Waals surface area (Å²) in [6.45, 7) is 0.843. The number of aromatic carboxylic acids is 1. The second-order valence-corrected chi connectivity index (χ2v) is 3.58. The highest BCUT2D eigenvalue weighted by atomic mass is 16.4. The van der Waals surface area contributed by atoms with E-state index in [1.807, 2.05) is 4.90 Å². The molecule has 0 aliphatic carbocycles. The van der Waals surface area contributed by atoms with Crippen molar-refractivity contribution in [1.29, 1.82) is 0 Å². The molecule has 0 aromatic carbocycles. The number of hydrogen-bond donors (Lipinski definition) is 1. The first kappa shape index (κ1) is 10.4. The molecule has 1 fully saturated rings. The van der Waals surface area contributed by atoms with E-state index in [0.29, 0.717) is 5.82 Å². The molecule has 1 aromatic heterocycles. The molecule has 0 spiro atoms. The van der Waals surface area contributed by atoms with E-state index in [1.165, 1.54) is 12.4 Å². The predicted octanol–water partition coefficient (Wildman–Crippen LogP) is 0.777. The van der Waals surface area contributed by atoms with Gasteiger partial charge in [-0.05, 0) is 12.8 Å². The molecule has 1 aromatic rings. The van der Waals surface area contributed by atoms with Crippen molar-refractivity contribution >= 4 is 11.8 Å². The Morgan fingerprint density at radius 2 is 2.38 bits per heavy atom. The fraction of sp³-hybridized carbons (Fsp3) is 0.364. The van der Waals surface area contributed by atoms with Gasteiger partial charge in [0.1, 0.15) is 5.82 Å². The fourth-order valence-corrected chi connectivity index (χ4v) is 1.79. The zero-order valence-electron chi connectivity index (χ0n) is 8.63. The second kappa shape index (κ2) is 4.19. The molecule has 82 valence electrons. The van der Waals surface area contributed by atoms with E-state index in [2.05, 4.69) is 15.9 Å². The normalized spacial score (nSPS) is 19.4. The topological polar surface area (TPSA) is 66.3 Å². The zero-order chi connectivity index (χ0) is 11.5. The Balaban J connectivity index is 2.22. The molecule has 1 aliphatic rings. The maximum Gasteiger partial charge on any atom is 0.356 e. The number of nitrogens with zero attached hydrogens (tertiary/aromatic N) is 3. The minimum absolute atomic E-state index is 0.0463. The van der Waals surface area contributed by atoms with Crippen LogP contribution in [0.5, 0.6) is 0 Å². The van der Waals surface area contributed by atoms with Crippen LogP contribution in [-0.2, 0) is 0 Å². The van der Waals surface area contributed by atoms with Gasteiger partial charge in [-0.3, -0.25) is 0 Å². The molecule has 0 amide bonds. The molecule has 0 radical (unpaired) electrons. The maximum absolute atomic E-state index is 10.6. The first-order valence-electron chi connectivity index (χ1n) is 5.00. The first-order valence-corrected chi connectivity index (χ1v) is 5.00. The smallest absolute Gasteiger partial charge is 0.356 e. The quantitative estimate of drug-likeness (QED) is 0.741. The van der Waals surface area contributed by atoms with Crippen molar-refractivity contribution in [3.8, 4) is 12.3 Å². The molecule has 5 nitrogen and oxygen atoms in total. The SMILES string of the molecule is C#CC1CCCN1c1cnc(C(=O)O)cn1. The largest absolute Gasteiger partial charge is 0.476 e. The summed E-state index contributed by atoms with van der Waals surface area (Å²) in [6.07, 6.45) is 10.1. The lowest BCUT2D eigenvalue weighted by Gasteiger charge is -2.20. The average molecular weight is 217 g/mol.